The number of nitrogens with zero attached hydrogens (tertiary/aromatic N) is 5. The lowest BCUT2D eigenvalue weighted by Crippen LogP contribution is -2.50. The molecule has 7 nitrogen and oxygen atoms in total. The van der Waals surface area contributed by atoms with Crippen molar-refractivity contribution in [2.45, 2.75) is 19.7 Å². The van der Waals surface area contributed by atoms with Gasteiger partial charge in [0.05, 0.1) is 29.8 Å². The number of anilines is 1. The zero-order valence-electron chi connectivity index (χ0n) is 22.4. The lowest BCUT2D eigenvalue weighted by Gasteiger charge is -2.35. The molecular formula is C33H28FN5O2. The fraction of sp³-hybridized carbons (Fsp3) is 0.182. The predicted molar refractivity (Wildman–Crippen MR) is 155 cm³/mol. The summed E-state index contributed by atoms with van der Waals surface area (Å²) < 4.78 is 21.8. The average molecular weight is 546 g/mol. The van der Waals surface area contributed by atoms with Gasteiger partial charge in [-0.3, -0.25) is 9.69 Å². The first-order chi connectivity index (χ1) is 20.1. The van der Waals surface area contributed by atoms with Gasteiger partial charge in [0.25, 0.3) is 0 Å². The van der Waals surface area contributed by atoms with E-state index in [1.165, 1.54) is 6.07 Å². The van der Waals surface area contributed by atoms with Gasteiger partial charge in [0.2, 0.25) is 5.91 Å². The van der Waals surface area contributed by atoms with Crippen molar-refractivity contribution in [3.63, 3.8) is 0 Å². The SMILES string of the molecule is N#Cc1cc(Cn2cncc2CN2CCN(c3cccc4ccc(OCc5ccccc5)cc34)C(=O)C2)ccc1F. The molecule has 6 rings (SSSR count). The van der Waals surface area contributed by atoms with Crippen LogP contribution in [0.5, 0.6) is 5.75 Å². The topological polar surface area (TPSA) is 74.4 Å². The maximum absolute atomic E-state index is 13.7. The number of carbonyl (C=O) groups is 1. The van der Waals surface area contributed by atoms with Crippen molar-refractivity contribution in [2.75, 3.05) is 24.5 Å². The molecule has 0 aliphatic carbocycles. The largest absolute Gasteiger partial charge is 0.489 e. The van der Waals surface area contributed by atoms with Gasteiger partial charge in [-0.15, -0.1) is 0 Å². The van der Waals surface area contributed by atoms with Crippen LogP contribution in [0.15, 0.2) is 97.5 Å². The zero-order valence-corrected chi connectivity index (χ0v) is 22.4. The number of hydrogen-bond donors (Lipinski definition) is 0. The minimum absolute atomic E-state index is 0.0224. The van der Waals surface area contributed by atoms with Crippen molar-refractivity contribution in [3.05, 3.63) is 126 Å². The number of imidazole rings is 1. The fourth-order valence-corrected chi connectivity index (χ4v) is 5.22. The molecule has 0 unspecified atom stereocenters. The summed E-state index contributed by atoms with van der Waals surface area (Å²) in [5, 5.41) is 11.2. The van der Waals surface area contributed by atoms with E-state index in [1.54, 1.807) is 24.7 Å². The van der Waals surface area contributed by atoms with Crippen LogP contribution in [0.3, 0.4) is 0 Å². The van der Waals surface area contributed by atoms with Crippen LogP contribution in [0.2, 0.25) is 0 Å². The summed E-state index contributed by atoms with van der Waals surface area (Å²) in [7, 11) is 0. The number of hydrogen-bond acceptors (Lipinski definition) is 5. The lowest BCUT2D eigenvalue weighted by molar-refractivity contribution is -0.121. The van der Waals surface area contributed by atoms with Crippen molar-refractivity contribution >= 4 is 22.4 Å². The summed E-state index contributed by atoms with van der Waals surface area (Å²) in [6, 6.07) is 28.5. The molecule has 0 saturated carbocycles. The van der Waals surface area contributed by atoms with Crippen LogP contribution >= 0.6 is 0 Å². The van der Waals surface area contributed by atoms with Gasteiger partial charge in [0, 0.05) is 37.8 Å². The number of carbonyl (C=O) groups excluding carboxylic acids is 1. The summed E-state index contributed by atoms with van der Waals surface area (Å²) in [6.45, 7) is 3.03. The summed E-state index contributed by atoms with van der Waals surface area (Å²) in [4.78, 5) is 21.7. The number of benzene rings is 4. The summed E-state index contributed by atoms with van der Waals surface area (Å²) in [5.41, 5.74) is 3.75. The number of fused-ring (bicyclic) bond motifs is 1. The third-order valence-electron chi connectivity index (χ3n) is 7.36. The van der Waals surface area contributed by atoms with Gasteiger partial charge in [-0.05, 0) is 46.8 Å². The highest BCUT2D eigenvalue weighted by Crippen LogP contribution is 2.31. The average Bonchev–Trinajstić information content (AvgIpc) is 3.43. The molecule has 204 valence electrons. The number of ether oxygens (including phenoxy) is 1. The number of nitriles is 1. The van der Waals surface area contributed by atoms with E-state index in [1.807, 2.05) is 82.3 Å². The lowest BCUT2D eigenvalue weighted by atomic mass is 10.1. The third kappa shape index (κ3) is 5.81. The molecular weight excluding hydrogens is 517 g/mol. The second-order valence-corrected chi connectivity index (χ2v) is 10.1. The van der Waals surface area contributed by atoms with Crippen molar-refractivity contribution in [1.82, 2.24) is 14.5 Å². The molecule has 1 aliphatic heterocycles. The maximum atomic E-state index is 13.7. The molecule has 5 aromatic rings. The van der Waals surface area contributed by atoms with E-state index in [0.29, 0.717) is 32.8 Å². The Morgan fingerprint density at radius 1 is 0.927 bits per heavy atom. The van der Waals surface area contributed by atoms with Crippen molar-refractivity contribution in [2.24, 2.45) is 0 Å². The number of rotatable bonds is 8. The van der Waals surface area contributed by atoms with E-state index in [4.69, 9.17) is 10.00 Å². The Kier molecular flexibility index (Phi) is 7.44. The molecule has 41 heavy (non-hydrogen) atoms. The molecule has 0 atom stereocenters. The minimum atomic E-state index is -0.527. The molecule has 1 aromatic heterocycles. The van der Waals surface area contributed by atoms with Crippen molar-refractivity contribution < 1.29 is 13.9 Å². The molecule has 0 N–H and O–H groups in total. The smallest absolute Gasteiger partial charge is 0.241 e. The van der Waals surface area contributed by atoms with Gasteiger partial charge in [0.1, 0.15) is 24.2 Å². The number of piperazine rings is 1. The molecule has 4 aromatic carbocycles. The Morgan fingerprint density at radius 2 is 1.80 bits per heavy atom. The van der Waals surface area contributed by atoms with Crippen LogP contribution in [0.4, 0.5) is 10.1 Å². The second kappa shape index (κ2) is 11.6. The minimum Gasteiger partial charge on any atom is -0.489 e. The molecule has 1 aliphatic rings. The summed E-state index contributed by atoms with van der Waals surface area (Å²) in [6.07, 6.45) is 3.50. The van der Waals surface area contributed by atoms with E-state index in [2.05, 4.69) is 9.88 Å². The van der Waals surface area contributed by atoms with Crippen LogP contribution in [0.1, 0.15) is 22.4 Å². The Morgan fingerprint density at radius 3 is 2.63 bits per heavy atom. The molecule has 2 heterocycles. The van der Waals surface area contributed by atoms with Gasteiger partial charge in [-0.1, -0.05) is 54.6 Å². The first kappa shape index (κ1) is 26.2. The van der Waals surface area contributed by atoms with E-state index in [-0.39, 0.29) is 18.0 Å². The molecule has 1 fully saturated rings. The van der Waals surface area contributed by atoms with Gasteiger partial charge in [0.15, 0.2) is 0 Å². The number of aromatic nitrogens is 2. The number of halogens is 1. The van der Waals surface area contributed by atoms with Crippen LogP contribution < -0.4 is 9.64 Å². The summed E-state index contributed by atoms with van der Waals surface area (Å²) >= 11 is 0. The van der Waals surface area contributed by atoms with Gasteiger partial charge in [-0.2, -0.15) is 5.26 Å². The summed E-state index contributed by atoms with van der Waals surface area (Å²) in [5.74, 6) is 0.263. The van der Waals surface area contributed by atoms with Crippen LogP contribution in [0.25, 0.3) is 10.8 Å². The third-order valence-corrected chi connectivity index (χ3v) is 7.36. The Hall–Kier alpha value is -5.00. The Labute approximate surface area is 237 Å². The quantitative estimate of drug-likeness (QED) is 0.257. The van der Waals surface area contributed by atoms with Crippen LogP contribution in [-0.4, -0.2) is 40.0 Å². The van der Waals surface area contributed by atoms with Crippen molar-refractivity contribution in [3.8, 4) is 11.8 Å². The molecule has 0 bridgehead atoms. The fourth-order valence-electron chi connectivity index (χ4n) is 5.22. The molecule has 1 saturated heterocycles. The Balaban J connectivity index is 1.14. The second-order valence-electron chi connectivity index (χ2n) is 10.1. The monoisotopic (exact) mass is 545 g/mol. The van der Waals surface area contributed by atoms with Gasteiger partial charge in [-0.25, -0.2) is 9.37 Å². The highest BCUT2D eigenvalue weighted by atomic mass is 19.1. The molecule has 0 spiro atoms. The predicted octanol–water partition coefficient (Wildman–Crippen LogP) is 5.52. The highest BCUT2D eigenvalue weighted by molar-refractivity contribution is 6.05. The van der Waals surface area contributed by atoms with Crippen LogP contribution in [-0.2, 0) is 24.5 Å². The van der Waals surface area contributed by atoms with Gasteiger partial charge < -0.3 is 14.2 Å². The zero-order chi connectivity index (χ0) is 28.2. The Bertz CT molecular complexity index is 1740. The van der Waals surface area contributed by atoms with E-state index in [9.17, 15) is 9.18 Å². The van der Waals surface area contributed by atoms with E-state index in [0.717, 1.165) is 39.0 Å². The highest BCUT2D eigenvalue weighted by Gasteiger charge is 2.27. The van der Waals surface area contributed by atoms with E-state index >= 15 is 0 Å². The first-order valence-corrected chi connectivity index (χ1v) is 13.5. The molecule has 8 heteroatoms. The van der Waals surface area contributed by atoms with E-state index < -0.39 is 5.82 Å². The van der Waals surface area contributed by atoms with Crippen molar-refractivity contribution in [1.29, 1.82) is 5.26 Å². The number of amides is 1. The standard InChI is InChI=1S/C33H28FN5O2/c34-31-12-9-25(15-27(31)17-35)19-38-23-36-18-28(38)20-37-13-14-39(33(40)21-37)32-8-4-7-26-10-11-29(16-30(26)32)41-22-24-5-2-1-3-6-24/h1-12,15-16,18,23H,13-14,19-22H2. The molecule has 1 amide bonds. The van der Waals surface area contributed by atoms with Gasteiger partial charge >= 0.3 is 0 Å². The first-order valence-electron chi connectivity index (χ1n) is 13.5. The molecule has 0 radical (unpaired) electrons. The van der Waals surface area contributed by atoms with Crippen LogP contribution in [0, 0.1) is 17.1 Å². The maximum Gasteiger partial charge on any atom is 0.241 e. The normalized spacial score (nSPS) is 13.9.